The van der Waals surface area contributed by atoms with Crippen LogP contribution < -0.4 is 0 Å². The first-order chi connectivity index (χ1) is 12.1. The number of fused-ring (bicyclic) bond motifs is 1. The van der Waals surface area contributed by atoms with Gasteiger partial charge in [0.25, 0.3) is 0 Å². The molecule has 0 amide bonds. The summed E-state index contributed by atoms with van der Waals surface area (Å²) < 4.78 is 1.82. The van der Waals surface area contributed by atoms with Gasteiger partial charge in [-0.3, -0.25) is 4.68 Å². The van der Waals surface area contributed by atoms with Crippen LogP contribution in [0.1, 0.15) is 11.5 Å². The highest BCUT2D eigenvalue weighted by atomic mass is 35.5. The van der Waals surface area contributed by atoms with Crippen molar-refractivity contribution >= 4 is 46.3 Å². The van der Waals surface area contributed by atoms with Gasteiger partial charge in [0.05, 0.1) is 5.69 Å². The number of nitrogens with one attached hydrogen (secondary N) is 1. The number of H-pyrrole nitrogens is 1. The summed E-state index contributed by atoms with van der Waals surface area (Å²) in [5, 5.41) is 20.5. The maximum Gasteiger partial charge on any atom is 0.172 e. The summed E-state index contributed by atoms with van der Waals surface area (Å²) in [4.78, 5) is 0. The average molecular weight is 371 g/mol. The third-order valence-corrected chi connectivity index (χ3v) is 4.44. The maximum atomic E-state index is 6.38. The van der Waals surface area contributed by atoms with Gasteiger partial charge < -0.3 is 0 Å². The van der Waals surface area contributed by atoms with Gasteiger partial charge in [-0.1, -0.05) is 47.5 Å². The minimum atomic E-state index is 0.575. The van der Waals surface area contributed by atoms with Crippen LogP contribution in [0.15, 0.2) is 36.4 Å². The Bertz CT molecular complexity index is 1080. The van der Waals surface area contributed by atoms with E-state index < -0.39 is 0 Å². The Kier molecular flexibility index (Phi) is 3.99. The maximum absolute atomic E-state index is 6.38. The number of aromatic nitrogens is 6. The van der Waals surface area contributed by atoms with Gasteiger partial charge in [-0.25, -0.2) is 5.10 Å². The third-order valence-electron chi connectivity index (χ3n) is 3.89. The zero-order valence-electron chi connectivity index (χ0n) is 13.1. The van der Waals surface area contributed by atoms with Crippen LogP contribution in [0.2, 0.25) is 10.0 Å². The molecule has 25 heavy (non-hydrogen) atoms. The highest BCUT2D eigenvalue weighted by Gasteiger charge is 2.14. The number of halogens is 2. The predicted molar refractivity (Wildman–Crippen MR) is 99.3 cm³/mol. The quantitative estimate of drug-likeness (QED) is 0.585. The van der Waals surface area contributed by atoms with Crippen molar-refractivity contribution in [2.45, 2.75) is 0 Å². The van der Waals surface area contributed by atoms with E-state index in [0.717, 1.165) is 27.7 Å². The number of rotatable bonds is 3. The van der Waals surface area contributed by atoms with Crippen molar-refractivity contribution in [3.05, 3.63) is 58.0 Å². The molecule has 0 atom stereocenters. The number of aromatic amines is 1. The van der Waals surface area contributed by atoms with E-state index in [0.29, 0.717) is 15.9 Å². The topological polar surface area (TPSA) is 72.3 Å². The summed E-state index contributed by atoms with van der Waals surface area (Å²) in [6.45, 7) is 0. The molecule has 1 N–H and O–H groups in total. The monoisotopic (exact) mass is 370 g/mol. The van der Waals surface area contributed by atoms with Crippen molar-refractivity contribution in [3.63, 3.8) is 0 Å². The smallest absolute Gasteiger partial charge is 0.172 e. The summed E-state index contributed by atoms with van der Waals surface area (Å²) in [7, 11) is 1.89. The molecule has 8 heteroatoms. The molecule has 4 rings (SSSR count). The molecule has 6 nitrogen and oxygen atoms in total. The molecule has 0 radical (unpaired) electrons. The molecule has 0 saturated carbocycles. The summed E-state index contributed by atoms with van der Waals surface area (Å²) in [6.07, 6.45) is 3.73. The average Bonchev–Trinajstić information content (AvgIpc) is 3.20. The fraction of sp³-hybridized carbons (Fsp3) is 0.0588. The molecular formula is C17H12Cl2N6. The molecule has 0 fully saturated rings. The Balaban J connectivity index is 1.87. The number of benzene rings is 2. The normalized spacial score (nSPS) is 11.6. The number of aryl methyl sites for hydroxylation is 1. The van der Waals surface area contributed by atoms with Crippen LogP contribution in [0.5, 0.6) is 0 Å². The molecule has 0 aliphatic rings. The second-order valence-electron chi connectivity index (χ2n) is 5.45. The van der Waals surface area contributed by atoms with Crippen LogP contribution in [0.3, 0.4) is 0 Å². The van der Waals surface area contributed by atoms with Gasteiger partial charge >= 0.3 is 0 Å². The van der Waals surface area contributed by atoms with Crippen LogP contribution in [0, 0.1) is 0 Å². The first-order valence-electron chi connectivity index (χ1n) is 7.46. The van der Waals surface area contributed by atoms with Gasteiger partial charge in [-0.05, 0) is 34.7 Å². The van der Waals surface area contributed by atoms with E-state index in [-0.39, 0.29) is 0 Å². The molecular weight excluding hydrogens is 359 g/mol. The molecule has 0 aliphatic carbocycles. The summed E-state index contributed by atoms with van der Waals surface area (Å²) in [5.41, 5.74) is 3.66. The van der Waals surface area contributed by atoms with Gasteiger partial charge in [-0.2, -0.15) is 5.10 Å². The molecule has 0 aliphatic heterocycles. The minimum Gasteiger partial charge on any atom is -0.267 e. The van der Waals surface area contributed by atoms with E-state index in [2.05, 4.69) is 25.7 Å². The number of nitrogens with zero attached hydrogens (tertiary/aromatic N) is 5. The molecule has 4 aromatic rings. The standard InChI is InChI=1S/C17H12Cl2N6/c1-25-15(7-8-16-20-23-24-21-16)13-4-2-3-12(17(13)22-25)11-6-5-10(18)9-14(11)19/h2-9H,1H3,(H,20,21,23,24). The lowest BCUT2D eigenvalue weighted by Gasteiger charge is -2.05. The van der Waals surface area contributed by atoms with Gasteiger partial charge in [-0.15, -0.1) is 5.10 Å². The second kappa shape index (κ2) is 6.31. The lowest BCUT2D eigenvalue weighted by atomic mass is 10.0. The second-order valence-corrected chi connectivity index (χ2v) is 6.30. The molecule has 124 valence electrons. The Hall–Kier alpha value is -2.70. The molecule has 0 saturated heterocycles. The number of hydrogen-bond donors (Lipinski definition) is 1. The Morgan fingerprint density at radius 3 is 2.72 bits per heavy atom. The SMILES string of the molecule is Cn1nc2c(-c3ccc(Cl)cc3Cl)cccc2c1C=Cc1nnn[nH]1. The van der Waals surface area contributed by atoms with Crippen molar-refractivity contribution < 1.29 is 0 Å². The van der Waals surface area contributed by atoms with E-state index in [1.807, 2.05) is 48.1 Å². The first-order valence-corrected chi connectivity index (χ1v) is 8.22. The summed E-state index contributed by atoms with van der Waals surface area (Å²) in [5.74, 6) is 0.575. The lowest BCUT2D eigenvalue weighted by Crippen LogP contribution is -1.92. The summed E-state index contributed by atoms with van der Waals surface area (Å²) in [6, 6.07) is 11.5. The zero-order chi connectivity index (χ0) is 17.4. The Labute approximate surface area is 153 Å². The Morgan fingerprint density at radius 2 is 1.96 bits per heavy atom. The third kappa shape index (κ3) is 2.90. The molecule has 0 bridgehead atoms. The van der Waals surface area contributed by atoms with E-state index in [1.54, 1.807) is 12.1 Å². The molecule has 2 aromatic heterocycles. The number of hydrogen-bond acceptors (Lipinski definition) is 4. The fourth-order valence-electron chi connectivity index (χ4n) is 2.75. The van der Waals surface area contributed by atoms with Crippen molar-refractivity contribution in [2.24, 2.45) is 7.05 Å². The van der Waals surface area contributed by atoms with E-state index in [4.69, 9.17) is 23.2 Å². The highest BCUT2D eigenvalue weighted by molar-refractivity contribution is 6.36. The molecule has 0 spiro atoms. The van der Waals surface area contributed by atoms with Crippen LogP contribution in [0.4, 0.5) is 0 Å². The van der Waals surface area contributed by atoms with E-state index in [9.17, 15) is 0 Å². The number of tetrazole rings is 1. The fourth-order valence-corrected chi connectivity index (χ4v) is 3.26. The minimum absolute atomic E-state index is 0.575. The summed E-state index contributed by atoms with van der Waals surface area (Å²) >= 11 is 12.4. The lowest BCUT2D eigenvalue weighted by molar-refractivity contribution is 0.771. The van der Waals surface area contributed by atoms with Gasteiger partial charge in [0.15, 0.2) is 5.82 Å². The highest BCUT2D eigenvalue weighted by Crippen LogP contribution is 2.35. The van der Waals surface area contributed by atoms with Gasteiger partial charge in [0, 0.05) is 33.6 Å². The molecule has 2 aromatic carbocycles. The van der Waals surface area contributed by atoms with E-state index >= 15 is 0 Å². The van der Waals surface area contributed by atoms with Crippen molar-refractivity contribution in [2.75, 3.05) is 0 Å². The van der Waals surface area contributed by atoms with E-state index in [1.165, 1.54) is 0 Å². The Morgan fingerprint density at radius 1 is 1.08 bits per heavy atom. The molecule has 2 heterocycles. The van der Waals surface area contributed by atoms with Crippen LogP contribution in [-0.4, -0.2) is 30.4 Å². The van der Waals surface area contributed by atoms with Crippen LogP contribution in [-0.2, 0) is 7.05 Å². The van der Waals surface area contributed by atoms with Crippen LogP contribution >= 0.6 is 23.2 Å². The zero-order valence-corrected chi connectivity index (χ0v) is 14.6. The van der Waals surface area contributed by atoms with Crippen molar-refractivity contribution in [1.82, 2.24) is 30.4 Å². The van der Waals surface area contributed by atoms with Gasteiger partial charge in [0.2, 0.25) is 0 Å². The molecule has 0 unspecified atom stereocenters. The van der Waals surface area contributed by atoms with Gasteiger partial charge in [0.1, 0.15) is 5.52 Å². The largest absolute Gasteiger partial charge is 0.267 e. The van der Waals surface area contributed by atoms with Crippen molar-refractivity contribution in [3.8, 4) is 11.1 Å². The predicted octanol–water partition coefficient (Wildman–Crippen LogP) is 4.23. The van der Waals surface area contributed by atoms with Crippen molar-refractivity contribution in [1.29, 1.82) is 0 Å². The first kappa shape index (κ1) is 15.8. The van der Waals surface area contributed by atoms with Crippen LogP contribution in [0.25, 0.3) is 34.2 Å².